The predicted molar refractivity (Wildman–Crippen MR) is 125 cm³/mol. The molecule has 0 bridgehead atoms. The van der Waals surface area contributed by atoms with Gasteiger partial charge in [-0.25, -0.2) is 19.7 Å². The Balaban J connectivity index is 1.25. The number of ether oxygens (including phenoxy) is 1. The van der Waals surface area contributed by atoms with Crippen LogP contribution in [-0.2, 0) is 20.9 Å². The summed E-state index contributed by atoms with van der Waals surface area (Å²) < 4.78 is 19.6. The van der Waals surface area contributed by atoms with Gasteiger partial charge in [-0.1, -0.05) is 30.3 Å². The normalized spacial score (nSPS) is 22.0. The van der Waals surface area contributed by atoms with Crippen LogP contribution in [0.2, 0.25) is 0 Å². The lowest BCUT2D eigenvalue weighted by Gasteiger charge is -2.33. The van der Waals surface area contributed by atoms with Crippen molar-refractivity contribution in [1.82, 2.24) is 15.4 Å². The molecule has 0 saturated carbocycles. The molecule has 0 aliphatic carbocycles. The number of carbonyl (C=O) groups excluding carboxylic acids is 1. The van der Waals surface area contributed by atoms with E-state index in [0.29, 0.717) is 24.6 Å². The number of piperidine rings is 1. The highest BCUT2D eigenvalue weighted by atomic mass is 19.1. The second-order valence-corrected chi connectivity index (χ2v) is 8.52. The summed E-state index contributed by atoms with van der Waals surface area (Å²) in [6.07, 6.45) is 6.96. The molecule has 1 amide bonds. The highest BCUT2D eigenvalue weighted by Gasteiger charge is 2.20. The van der Waals surface area contributed by atoms with Gasteiger partial charge >= 0.3 is 5.91 Å². The maximum absolute atomic E-state index is 14.2. The summed E-state index contributed by atoms with van der Waals surface area (Å²) in [5, 5.41) is 3.48. The Bertz CT molecular complexity index is 917. The van der Waals surface area contributed by atoms with Crippen LogP contribution in [0.15, 0.2) is 54.5 Å². The fourth-order valence-electron chi connectivity index (χ4n) is 4.13. The van der Waals surface area contributed by atoms with Crippen molar-refractivity contribution in [2.75, 3.05) is 25.0 Å². The maximum Gasteiger partial charge on any atom is 0.303 e. The lowest BCUT2D eigenvalue weighted by atomic mass is 10.0. The van der Waals surface area contributed by atoms with Crippen molar-refractivity contribution >= 4 is 17.8 Å². The molecule has 2 aliphatic rings. The topological polar surface area (TPSA) is 75.7 Å². The van der Waals surface area contributed by atoms with E-state index in [-0.39, 0.29) is 0 Å². The minimum Gasteiger partial charge on any atom is -0.366 e. The zero-order chi connectivity index (χ0) is 22.9. The number of likely N-dealkylation sites (tertiary alicyclic amines) is 1. The fraction of sp³-hybridized carbons (Fsp3) is 0.440. The molecule has 1 unspecified atom stereocenters. The minimum atomic E-state index is -0.947. The van der Waals surface area contributed by atoms with E-state index in [9.17, 15) is 9.18 Å². The van der Waals surface area contributed by atoms with Gasteiger partial charge in [0.25, 0.3) is 0 Å². The largest absolute Gasteiger partial charge is 0.366 e. The van der Waals surface area contributed by atoms with Gasteiger partial charge < -0.3 is 10.1 Å². The molecule has 2 N–H and O–H groups in total. The summed E-state index contributed by atoms with van der Waals surface area (Å²) >= 11 is 0. The number of benzene rings is 1. The molecule has 1 aromatic carbocycles. The fourth-order valence-corrected chi connectivity index (χ4v) is 4.13. The van der Waals surface area contributed by atoms with Crippen molar-refractivity contribution in [2.45, 2.75) is 51.0 Å². The van der Waals surface area contributed by atoms with E-state index in [0.717, 1.165) is 57.2 Å². The van der Waals surface area contributed by atoms with Crippen LogP contribution in [0.1, 0.15) is 43.2 Å². The van der Waals surface area contributed by atoms with E-state index in [1.54, 1.807) is 18.3 Å². The Morgan fingerprint density at radius 1 is 1.18 bits per heavy atom. The van der Waals surface area contributed by atoms with Gasteiger partial charge in [0.05, 0.1) is 0 Å². The Morgan fingerprint density at radius 2 is 2.06 bits per heavy atom. The third-order valence-electron chi connectivity index (χ3n) is 5.82. The Labute approximate surface area is 193 Å². The molecule has 4 rings (SSSR count). The summed E-state index contributed by atoms with van der Waals surface area (Å²) in [5.41, 5.74) is 3.93. The number of hydrogen-bond acceptors (Lipinski definition) is 6. The van der Waals surface area contributed by atoms with Crippen LogP contribution in [0.25, 0.3) is 6.08 Å². The maximum atomic E-state index is 14.2. The highest BCUT2D eigenvalue weighted by molar-refractivity contribution is 5.94. The molecule has 33 heavy (non-hydrogen) atoms. The lowest BCUT2D eigenvalue weighted by Crippen LogP contribution is -2.41. The van der Waals surface area contributed by atoms with Gasteiger partial charge in [0, 0.05) is 38.4 Å². The Hall–Kier alpha value is -2.81. The first-order valence-electron chi connectivity index (χ1n) is 11.6. The average molecular weight is 455 g/mol. The van der Waals surface area contributed by atoms with E-state index >= 15 is 0 Å². The third-order valence-corrected chi connectivity index (χ3v) is 5.82. The molecule has 3 heterocycles. The van der Waals surface area contributed by atoms with Crippen LogP contribution in [0.5, 0.6) is 0 Å². The van der Waals surface area contributed by atoms with Gasteiger partial charge in [-0.3, -0.25) is 9.69 Å². The second-order valence-electron chi connectivity index (χ2n) is 8.52. The summed E-state index contributed by atoms with van der Waals surface area (Å²) in [6.45, 7) is 3.55. The number of rotatable bonds is 8. The molecule has 0 radical (unpaired) electrons. The number of aromatic nitrogens is 1. The van der Waals surface area contributed by atoms with Crippen LogP contribution in [0.4, 0.5) is 10.2 Å². The molecule has 2 atom stereocenters. The summed E-state index contributed by atoms with van der Waals surface area (Å²) in [6, 6.07) is 14.3. The number of anilines is 1. The first kappa shape index (κ1) is 23.4. The van der Waals surface area contributed by atoms with Crippen LogP contribution in [-0.4, -0.2) is 47.8 Å². The standard InChI is InChI=1S/C25H31FN4O3/c26-22(25(31)29-33-24-10-4-5-14-32-24)15-20-11-12-23(27-16-20)28-21-9-6-13-30(18-21)17-19-7-2-1-3-8-19/h1-3,7-8,11-12,15-16,21,24H,4-6,9-10,13-14,17-18H2,(H,27,28)(H,29,31)/b22-15+/t21-,24?/m1/s1. The molecular weight excluding hydrogens is 423 g/mol. The quantitative estimate of drug-likeness (QED) is 0.463. The van der Waals surface area contributed by atoms with Crippen LogP contribution in [0, 0.1) is 0 Å². The number of hydrogen-bond donors (Lipinski definition) is 2. The lowest BCUT2D eigenvalue weighted by molar-refractivity contribution is -0.199. The number of pyridine rings is 1. The number of nitrogens with one attached hydrogen (secondary N) is 2. The Kier molecular flexibility index (Phi) is 8.41. The zero-order valence-corrected chi connectivity index (χ0v) is 18.7. The van der Waals surface area contributed by atoms with Gasteiger partial charge in [-0.15, -0.1) is 0 Å². The Morgan fingerprint density at radius 3 is 2.82 bits per heavy atom. The van der Waals surface area contributed by atoms with Gasteiger partial charge in [0.2, 0.25) is 0 Å². The molecule has 2 fully saturated rings. The second kappa shape index (κ2) is 11.9. The van der Waals surface area contributed by atoms with Crippen molar-refractivity contribution in [3.63, 3.8) is 0 Å². The molecule has 1 aromatic heterocycles. The first-order valence-corrected chi connectivity index (χ1v) is 11.6. The molecule has 0 spiro atoms. The first-order chi connectivity index (χ1) is 16.2. The zero-order valence-electron chi connectivity index (χ0n) is 18.7. The van der Waals surface area contributed by atoms with Crippen LogP contribution < -0.4 is 10.8 Å². The third kappa shape index (κ3) is 7.35. The minimum absolute atomic E-state index is 0.304. The van der Waals surface area contributed by atoms with Gasteiger partial charge in [-0.2, -0.15) is 0 Å². The number of nitrogens with zero attached hydrogens (tertiary/aromatic N) is 2. The van der Waals surface area contributed by atoms with E-state index in [1.807, 2.05) is 6.07 Å². The van der Waals surface area contributed by atoms with Crippen molar-refractivity contribution in [1.29, 1.82) is 0 Å². The molecule has 2 aliphatic heterocycles. The number of halogens is 1. The van der Waals surface area contributed by atoms with Crippen molar-refractivity contribution < 1.29 is 18.8 Å². The van der Waals surface area contributed by atoms with E-state index < -0.39 is 18.0 Å². The molecule has 8 heteroatoms. The number of carbonyl (C=O) groups is 1. The summed E-state index contributed by atoms with van der Waals surface area (Å²) in [7, 11) is 0. The van der Waals surface area contributed by atoms with Crippen LogP contribution in [0.3, 0.4) is 0 Å². The van der Waals surface area contributed by atoms with Crippen LogP contribution >= 0.6 is 0 Å². The number of amides is 1. The van der Waals surface area contributed by atoms with Gasteiger partial charge in [0.15, 0.2) is 12.1 Å². The SMILES string of the molecule is O=C(NOC1CCCCO1)/C(F)=C\c1ccc(N[C@@H]2CCCN(Cc3ccccc3)C2)nc1. The summed E-state index contributed by atoms with van der Waals surface area (Å²) in [4.78, 5) is 23.9. The van der Waals surface area contributed by atoms with E-state index in [2.05, 4.69) is 44.9 Å². The molecule has 7 nitrogen and oxygen atoms in total. The molecule has 2 saturated heterocycles. The van der Waals surface area contributed by atoms with Crippen molar-refractivity contribution in [3.05, 3.63) is 65.6 Å². The van der Waals surface area contributed by atoms with Crippen molar-refractivity contribution in [2.24, 2.45) is 0 Å². The smallest absolute Gasteiger partial charge is 0.303 e. The van der Waals surface area contributed by atoms with E-state index in [4.69, 9.17) is 9.57 Å². The molecule has 176 valence electrons. The number of hydroxylamine groups is 1. The monoisotopic (exact) mass is 454 g/mol. The van der Waals surface area contributed by atoms with Crippen molar-refractivity contribution in [3.8, 4) is 0 Å². The highest BCUT2D eigenvalue weighted by Crippen LogP contribution is 2.18. The van der Waals surface area contributed by atoms with Gasteiger partial charge in [0.1, 0.15) is 5.82 Å². The molecule has 2 aromatic rings. The predicted octanol–water partition coefficient (Wildman–Crippen LogP) is 4.04. The average Bonchev–Trinajstić information content (AvgIpc) is 2.85. The van der Waals surface area contributed by atoms with E-state index in [1.165, 1.54) is 5.56 Å². The van der Waals surface area contributed by atoms with Gasteiger partial charge in [-0.05, 0) is 61.6 Å². The summed E-state index contributed by atoms with van der Waals surface area (Å²) in [5.74, 6) is -1.15. The molecular formula is C25H31FN4O3.